The highest BCUT2D eigenvalue weighted by molar-refractivity contribution is 14.1. The van der Waals surface area contributed by atoms with Crippen LogP contribution in [0.4, 0.5) is 0 Å². The van der Waals surface area contributed by atoms with Crippen molar-refractivity contribution in [3.05, 3.63) is 63.0 Å². The number of methoxy groups -OCH3 is 1. The molecule has 0 fully saturated rings. The van der Waals surface area contributed by atoms with E-state index in [0.717, 1.165) is 14.9 Å². The fraction of sp³-hybridized carbons (Fsp3) is 0.118. The van der Waals surface area contributed by atoms with Gasteiger partial charge in [0.2, 0.25) is 5.65 Å². The predicted molar refractivity (Wildman–Crippen MR) is 99.5 cm³/mol. The lowest BCUT2D eigenvalue weighted by molar-refractivity contribution is -0.640. The third-order valence-corrected chi connectivity index (χ3v) is 4.62. The minimum absolute atomic E-state index is 0.359. The van der Waals surface area contributed by atoms with Crippen LogP contribution in [0.25, 0.3) is 16.7 Å². The van der Waals surface area contributed by atoms with Gasteiger partial charge in [0.05, 0.1) is 16.9 Å². The molecule has 0 saturated heterocycles. The molecule has 0 unspecified atom stereocenters. The van der Waals surface area contributed by atoms with Gasteiger partial charge in [-0.25, -0.2) is 4.52 Å². The third kappa shape index (κ3) is 2.82. The van der Waals surface area contributed by atoms with Crippen molar-refractivity contribution in [3.8, 4) is 11.5 Å². The molecule has 0 aliphatic carbocycles. The van der Waals surface area contributed by atoms with Gasteiger partial charge in [-0.2, -0.15) is 5.10 Å². The fourth-order valence-electron chi connectivity index (χ4n) is 2.64. The summed E-state index contributed by atoms with van der Waals surface area (Å²) in [4.78, 5) is 0.610. The van der Waals surface area contributed by atoms with E-state index in [0.29, 0.717) is 33.9 Å². The van der Waals surface area contributed by atoms with Crippen LogP contribution in [0, 0.1) is 8.78 Å². The van der Waals surface area contributed by atoms with Crippen LogP contribution in [0.15, 0.2) is 48.7 Å². The zero-order valence-electron chi connectivity index (χ0n) is 13.2. The lowest BCUT2D eigenvalue weighted by Crippen LogP contribution is -2.33. The van der Waals surface area contributed by atoms with Crippen LogP contribution < -0.4 is 14.3 Å². The van der Waals surface area contributed by atoms with E-state index in [2.05, 4.69) is 32.8 Å². The predicted octanol–water partition coefficient (Wildman–Crippen LogP) is 2.71. The Labute approximate surface area is 156 Å². The molecule has 25 heavy (non-hydrogen) atoms. The van der Waals surface area contributed by atoms with Crippen molar-refractivity contribution in [1.82, 2.24) is 14.7 Å². The van der Waals surface area contributed by atoms with Crippen LogP contribution in [0.2, 0.25) is 0 Å². The number of nitrogens with zero attached hydrogens (tertiary/aromatic N) is 4. The Morgan fingerprint density at radius 2 is 2.08 bits per heavy atom. The molecule has 0 radical (unpaired) electrons. The molecule has 7 nitrogen and oxygen atoms in total. The second-order valence-electron chi connectivity index (χ2n) is 5.35. The van der Waals surface area contributed by atoms with Crippen molar-refractivity contribution < 1.29 is 14.3 Å². The average molecular weight is 448 g/mol. The molecule has 2 aromatic carbocycles. The first-order valence-electron chi connectivity index (χ1n) is 7.49. The molecular weight excluding hydrogens is 435 g/mol. The Balaban J connectivity index is 1.72. The average Bonchev–Trinajstić information content (AvgIpc) is 3.01. The topological polar surface area (TPSA) is 75.6 Å². The Morgan fingerprint density at radius 3 is 2.92 bits per heavy atom. The maximum atomic E-state index is 12.1. The first-order valence-corrected chi connectivity index (χ1v) is 8.57. The number of halogens is 1. The van der Waals surface area contributed by atoms with E-state index < -0.39 is 0 Å². The van der Waals surface area contributed by atoms with Gasteiger partial charge in [-0.15, -0.1) is 0 Å². The summed E-state index contributed by atoms with van der Waals surface area (Å²) < 4.78 is 13.7. The first-order chi connectivity index (χ1) is 12.2. The molecule has 0 saturated carbocycles. The molecule has 0 spiro atoms. The molecule has 2 aromatic heterocycles. The number of benzene rings is 2. The van der Waals surface area contributed by atoms with Crippen LogP contribution in [-0.2, 0) is 6.61 Å². The smallest absolute Gasteiger partial charge is 0.270 e. The zero-order chi connectivity index (χ0) is 17.4. The highest BCUT2D eigenvalue weighted by Gasteiger charge is 2.16. The summed E-state index contributed by atoms with van der Waals surface area (Å²) in [5.74, 6) is 1.41. The van der Waals surface area contributed by atoms with Gasteiger partial charge in [0.15, 0.2) is 0 Å². The number of ether oxygens (including phenoxy) is 2. The maximum Gasteiger partial charge on any atom is 0.270 e. The summed E-state index contributed by atoms with van der Waals surface area (Å²) in [6.45, 7) is 0.359. The van der Waals surface area contributed by atoms with Crippen molar-refractivity contribution in [2.75, 3.05) is 7.11 Å². The molecule has 0 bridgehead atoms. The second kappa shape index (κ2) is 6.36. The van der Waals surface area contributed by atoms with Crippen LogP contribution in [-0.4, -0.2) is 21.8 Å². The molecule has 0 N–H and O–H groups in total. The molecule has 0 aliphatic heterocycles. The Kier molecular flexibility index (Phi) is 4.04. The van der Waals surface area contributed by atoms with E-state index in [9.17, 15) is 5.21 Å². The molecule has 4 rings (SSSR count). The van der Waals surface area contributed by atoms with Crippen molar-refractivity contribution in [1.29, 1.82) is 0 Å². The largest absolute Gasteiger partial charge is 0.594 e. The number of hydrogen-bond donors (Lipinski definition) is 0. The summed E-state index contributed by atoms with van der Waals surface area (Å²) in [5, 5.41) is 20.4. The third-order valence-electron chi connectivity index (χ3n) is 3.85. The number of rotatable bonds is 4. The highest BCUT2D eigenvalue weighted by atomic mass is 127. The first kappa shape index (κ1) is 15.9. The van der Waals surface area contributed by atoms with Gasteiger partial charge in [0.25, 0.3) is 5.52 Å². The molecule has 0 aliphatic rings. The fourth-order valence-corrected chi connectivity index (χ4v) is 3.10. The van der Waals surface area contributed by atoms with E-state index in [1.165, 1.54) is 0 Å². The van der Waals surface area contributed by atoms with Crippen LogP contribution >= 0.6 is 22.6 Å². The van der Waals surface area contributed by atoms with E-state index in [4.69, 9.17) is 9.47 Å². The molecule has 126 valence electrons. The molecular formula is C17H13IN4O3. The molecule has 0 atom stereocenters. The lowest BCUT2D eigenvalue weighted by atomic mass is 10.2. The van der Waals surface area contributed by atoms with Gasteiger partial charge in [-0.3, -0.25) is 0 Å². The Morgan fingerprint density at radius 1 is 1.24 bits per heavy atom. The standard InChI is InChI=1S/C17H13IN4O3/c1-24-16-5-3-2-4-11(16)10-25-12-6-7-14-15(8-12)21-17(20-22(14)23)13(18)9-19-21/h2-9H,10H2,1H3. The van der Waals surface area contributed by atoms with E-state index in [-0.39, 0.29) is 0 Å². The van der Waals surface area contributed by atoms with Crippen molar-refractivity contribution in [2.24, 2.45) is 0 Å². The number of para-hydroxylation sites is 1. The highest BCUT2D eigenvalue weighted by Crippen LogP contribution is 2.23. The summed E-state index contributed by atoms with van der Waals surface area (Å²) in [5.41, 5.74) is 2.53. The van der Waals surface area contributed by atoms with E-state index in [1.54, 1.807) is 36.0 Å². The number of hydrogen-bond acceptors (Lipinski definition) is 5. The Bertz CT molecular complexity index is 1080. The number of aromatic nitrogens is 4. The zero-order valence-corrected chi connectivity index (χ0v) is 15.4. The van der Waals surface area contributed by atoms with Gasteiger partial charge >= 0.3 is 0 Å². The molecule has 8 heteroatoms. The van der Waals surface area contributed by atoms with Gasteiger partial charge in [0, 0.05) is 22.8 Å². The van der Waals surface area contributed by atoms with Crippen molar-refractivity contribution in [3.63, 3.8) is 0 Å². The molecule has 0 amide bonds. The van der Waals surface area contributed by atoms with Crippen molar-refractivity contribution in [2.45, 2.75) is 6.61 Å². The number of fused-ring (bicyclic) bond motifs is 3. The normalized spacial score (nSPS) is 11.1. The SMILES string of the molecule is COc1ccccc1COc1ccc2c(c1)n1ncc(I)c1n[n+]2[O-]. The second-order valence-corrected chi connectivity index (χ2v) is 6.51. The molecule has 4 aromatic rings. The monoisotopic (exact) mass is 448 g/mol. The quantitative estimate of drug-likeness (QED) is 0.273. The summed E-state index contributed by atoms with van der Waals surface area (Å²) >= 11 is 2.10. The summed E-state index contributed by atoms with van der Waals surface area (Å²) in [7, 11) is 1.63. The van der Waals surface area contributed by atoms with Crippen LogP contribution in [0.5, 0.6) is 11.5 Å². The van der Waals surface area contributed by atoms with Gasteiger partial charge in [-0.05, 0) is 39.6 Å². The van der Waals surface area contributed by atoms with Crippen molar-refractivity contribution >= 4 is 39.3 Å². The molecule has 2 heterocycles. The van der Waals surface area contributed by atoms with E-state index >= 15 is 0 Å². The van der Waals surface area contributed by atoms with Gasteiger partial charge in [0.1, 0.15) is 23.6 Å². The minimum atomic E-state index is 0.359. The summed E-state index contributed by atoms with van der Waals surface area (Å²) in [6.07, 6.45) is 1.67. The minimum Gasteiger partial charge on any atom is -0.594 e. The van der Waals surface area contributed by atoms with Gasteiger partial charge in [-0.1, -0.05) is 18.2 Å². The van der Waals surface area contributed by atoms with E-state index in [1.807, 2.05) is 24.3 Å². The van der Waals surface area contributed by atoms with Crippen LogP contribution in [0.1, 0.15) is 5.56 Å². The van der Waals surface area contributed by atoms with Crippen LogP contribution in [0.3, 0.4) is 0 Å². The summed E-state index contributed by atoms with van der Waals surface area (Å²) in [6, 6.07) is 12.9. The lowest BCUT2D eigenvalue weighted by Gasteiger charge is -2.10. The maximum absolute atomic E-state index is 12.1. The van der Waals surface area contributed by atoms with Gasteiger partial charge < -0.3 is 14.7 Å². The Hall–Kier alpha value is -2.62.